The third-order valence-electron chi connectivity index (χ3n) is 4.79. The number of nitrogens with zero attached hydrogens (tertiary/aromatic N) is 1. The average molecular weight is 419 g/mol. The van der Waals surface area contributed by atoms with Crippen LogP contribution < -0.4 is 10.6 Å². The molecule has 0 radical (unpaired) electrons. The predicted molar refractivity (Wildman–Crippen MR) is 119 cm³/mol. The first-order valence-corrected chi connectivity index (χ1v) is 9.66. The first-order chi connectivity index (χ1) is 14.4. The van der Waals surface area contributed by atoms with Gasteiger partial charge in [0.15, 0.2) is 10.7 Å². The summed E-state index contributed by atoms with van der Waals surface area (Å²) >= 11 is 5.20. The minimum Gasteiger partial charge on any atom is -0.436 e. The summed E-state index contributed by atoms with van der Waals surface area (Å²) in [6, 6.07) is 16.7. The van der Waals surface area contributed by atoms with Crippen LogP contribution in [0.4, 0.5) is 10.1 Å². The van der Waals surface area contributed by atoms with Crippen LogP contribution in [0.5, 0.6) is 0 Å². The molecule has 1 amide bonds. The van der Waals surface area contributed by atoms with Crippen molar-refractivity contribution >= 4 is 40.0 Å². The lowest BCUT2D eigenvalue weighted by molar-refractivity contribution is 0.0977. The molecule has 0 aliphatic carbocycles. The van der Waals surface area contributed by atoms with Gasteiger partial charge in [0, 0.05) is 16.8 Å². The fourth-order valence-electron chi connectivity index (χ4n) is 3.07. The number of benzene rings is 3. The van der Waals surface area contributed by atoms with E-state index >= 15 is 0 Å². The first kappa shape index (κ1) is 19.7. The molecule has 30 heavy (non-hydrogen) atoms. The molecular formula is C23H18FN3O2S. The maximum atomic E-state index is 13.3. The SMILES string of the molecule is Cc1cccc(-c2nc3cc(NC(=S)NC(=O)c4cccc(F)c4)ccc3o2)c1C. The van der Waals surface area contributed by atoms with E-state index in [0.29, 0.717) is 22.7 Å². The Balaban J connectivity index is 1.52. The van der Waals surface area contributed by atoms with Crippen LogP contribution in [-0.4, -0.2) is 16.0 Å². The molecule has 2 N–H and O–H groups in total. The summed E-state index contributed by atoms with van der Waals surface area (Å²) in [5.74, 6) is -0.435. The lowest BCUT2D eigenvalue weighted by atomic mass is 10.0. The molecule has 1 aromatic heterocycles. The zero-order chi connectivity index (χ0) is 21.3. The van der Waals surface area contributed by atoms with Gasteiger partial charge in [0.25, 0.3) is 5.91 Å². The van der Waals surface area contributed by atoms with Crippen LogP contribution in [0.25, 0.3) is 22.6 Å². The van der Waals surface area contributed by atoms with Crippen LogP contribution in [0.15, 0.2) is 65.1 Å². The Bertz CT molecular complexity index is 1280. The summed E-state index contributed by atoms with van der Waals surface area (Å²) in [6.07, 6.45) is 0. The number of hydrogen-bond donors (Lipinski definition) is 2. The smallest absolute Gasteiger partial charge is 0.257 e. The van der Waals surface area contributed by atoms with Crippen molar-refractivity contribution in [3.63, 3.8) is 0 Å². The Labute approximate surface area is 177 Å². The topological polar surface area (TPSA) is 67.2 Å². The van der Waals surface area contributed by atoms with Gasteiger partial charge in [-0.2, -0.15) is 0 Å². The number of thiocarbonyl (C=S) groups is 1. The highest BCUT2D eigenvalue weighted by Gasteiger charge is 2.13. The molecule has 0 aliphatic rings. The van der Waals surface area contributed by atoms with E-state index in [1.54, 1.807) is 18.2 Å². The molecule has 0 fully saturated rings. The maximum Gasteiger partial charge on any atom is 0.257 e. The number of halogens is 1. The standard InChI is InChI=1S/C23H18FN3O2S/c1-13-5-3-8-18(14(13)2)22-26-19-12-17(9-10-20(19)29-22)25-23(30)27-21(28)15-6-4-7-16(24)11-15/h3-12H,1-2H3,(H2,25,27,28,30). The average Bonchev–Trinajstić information content (AvgIpc) is 3.13. The van der Waals surface area contributed by atoms with E-state index in [9.17, 15) is 9.18 Å². The minimum atomic E-state index is -0.494. The molecule has 7 heteroatoms. The Kier molecular flexibility index (Phi) is 5.29. The van der Waals surface area contributed by atoms with Gasteiger partial charge in [-0.25, -0.2) is 9.37 Å². The van der Waals surface area contributed by atoms with E-state index in [1.807, 2.05) is 32.0 Å². The number of aryl methyl sites for hydroxylation is 1. The number of fused-ring (bicyclic) bond motifs is 1. The fourth-order valence-corrected chi connectivity index (χ4v) is 3.28. The van der Waals surface area contributed by atoms with E-state index in [1.165, 1.54) is 18.2 Å². The summed E-state index contributed by atoms with van der Waals surface area (Å²) in [5, 5.41) is 5.58. The molecule has 0 spiro atoms. The van der Waals surface area contributed by atoms with Gasteiger partial charge in [-0.05, 0) is 79.7 Å². The second kappa shape index (κ2) is 8.04. The molecule has 4 aromatic rings. The van der Waals surface area contributed by atoms with Crippen molar-refractivity contribution < 1.29 is 13.6 Å². The van der Waals surface area contributed by atoms with Crippen LogP contribution >= 0.6 is 12.2 Å². The molecule has 3 aromatic carbocycles. The second-order valence-electron chi connectivity index (χ2n) is 6.87. The molecule has 5 nitrogen and oxygen atoms in total. The molecule has 0 saturated carbocycles. The highest BCUT2D eigenvalue weighted by Crippen LogP contribution is 2.29. The minimum absolute atomic E-state index is 0.0989. The molecule has 0 aliphatic heterocycles. The molecule has 0 bridgehead atoms. The van der Waals surface area contributed by atoms with Crippen LogP contribution in [0.3, 0.4) is 0 Å². The van der Waals surface area contributed by atoms with Crippen molar-refractivity contribution in [3.05, 3.63) is 83.2 Å². The summed E-state index contributed by atoms with van der Waals surface area (Å²) in [4.78, 5) is 16.8. The van der Waals surface area contributed by atoms with Gasteiger partial charge in [-0.15, -0.1) is 0 Å². The lowest BCUT2D eigenvalue weighted by Gasteiger charge is -2.09. The molecule has 0 unspecified atom stereocenters. The molecule has 0 atom stereocenters. The monoisotopic (exact) mass is 419 g/mol. The van der Waals surface area contributed by atoms with Crippen LogP contribution in [0, 0.1) is 19.7 Å². The lowest BCUT2D eigenvalue weighted by Crippen LogP contribution is -2.34. The van der Waals surface area contributed by atoms with E-state index in [2.05, 4.69) is 15.6 Å². The van der Waals surface area contributed by atoms with E-state index in [0.717, 1.165) is 22.8 Å². The summed E-state index contributed by atoms with van der Waals surface area (Å²) < 4.78 is 19.2. The largest absolute Gasteiger partial charge is 0.436 e. The zero-order valence-electron chi connectivity index (χ0n) is 16.3. The summed E-state index contributed by atoms with van der Waals surface area (Å²) in [5.41, 5.74) is 5.36. The molecule has 1 heterocycles. The van der Waals surface area contributed by atoms with Crippen molar-refractivity contribution in [2.45, 2.75) is 13.8 Å². The second-order valence-corrected chi connectivity index (χ2v) is 7.28. The van der Waals surface area contributed by atoms with Crippen LogP contribution in [0.1, 0.15) is 21.5 Å². The first-order valence-electron chi connectivity index (χ1n) is 9.26. The number of anilines is 1. The van der Waals surface area contributed by atoms with Crippen molar-refractivity contribution in [3.8, 4) is 11.5 Å². The van der Waals surface area contributed by atoms with Gasteiger partial charge < -0.3 is 9.73 Å². The third-order valence-corrected chi connectivity index (χ3v) is 5.00. The number of oxazole rings is 1. The number of rotatable bonds is 3. The highest BCUT2D eigenvalue weighted by atomic mass is 32.1. The zero-order valence-corrected chi connectivity index (χ0v) is 17.1. The van der Waals surface area contributed by atoms with Gasteiger partial charge in [-0.3, -0.25) is 10.1 Å². The van der Waals surface area contributed by atoms with Gasteiger partial charge in [0.1, 0.15) is 11.3 Å². The Hall–Kier alpha value is -3.58. The molecular weight excluding hydrogens is 401 g/mol. The number of carbonyl (C=O) groups is 1. The summed E-state index contributed by atoms with van der Waals surface area (Å²) in [6.45, 7) is 4.08. The highest BCUT2D eigenvalue weighted by molar-refractivity contribution is 7.80. The van der Waals surface area contributed by atoms with E-state index in [4.69, 9.17) is 16.6 Å². The van der Waals surface area contributed by atoms with Gasteiger partial charge in [0.05, 0.1) is 0 Å². The van der Waals surface area contributed by atoms with Crippen LogP contribution in [-0.2, 0) is 0 Å². The Morgan fingerprint density at radius 3 is 2.67 bits per heavy atom. The van der Waals surface area contributed by atoms with Gasteiger partial charge in [0.2, 0.25) is 5.89 Å². The third kappa shape index (κ3) is 4.06. The van der Waals surface area contributed by atoms with Crippen molar-refractivity contribution in [1.82, 2.24) is 10.3 Å². The van der Waals surface area contributed by atoms with Gasteiger partial charge in [-0.1, -0.05) is 18.2 Å². The number of nitrogens with one attached hydrogen (secondary N) is 2. The van der Waals surface area contributed by atoms with Crippen molar-refractivity contribution in [2.24, 2.45) is 0 Å². The predicted octanol–water partition coefficient (Wildman–Crippen LogP) is 5.38. The number of hydrogen-bond acceptors (Lipinski definition) is 4. The van der Waals surface area contributed by atoms with E-state index in [-0.39, 0.29) is 10.7 Å². The molecule has 4 rings (SSSR count). The summed E-state index contributed by atoms with van der Waals surface area (Å²) in [7, 11) is 0. The number of amides is 1. The van der Waals surface area contributed by atoms with E-state index < -0.39 is 11.7 Å². The Morgan fingerprint density at radius 1 is 1.07 bits per heavy atom. The number of aromatic nitrogens is 1. The molecule has 0 saturated heterocycles. The maximum absolute atomic E-state index is 13.3. The quantitative estimate of drug-likeness (QED) is 0.437. The molecule has 150 valence electrons. The fraction of sp³-hybridized carbons (Fsp3) is 0.0870. The Morgan fingerprint density at radius 2 is 1.87 bits per heavy atom. The van der Waals surface area contributed by atoms with Gasteiger partial charge >= 0.3 is 0 Å². The normalized spacial score (nSPS) is 10.8. The van der Waals surface area contributed by atoms with Crippen molar-refractivity contribution in [2.75, 3.05) is 5.32 Å². The van der Waals surface area contributed by atoms with Crippen LogP contribution in [0.2, 0.25) is 0 Å². The number of carbonyl (C=O) groups excluding carboxylic acids is 1. The van der Waals surface area contributed by atoms with Crippen molar-refractivity contribution in [1.29, 1.82) is 0 Å².